The quantitative estimate of drug-likeness (QED) is 0.709. The Morgan fingerprint density at radius 2 is 1.57 bits per heavy atom. The van der Waals surface area contributed by atoms with Crippen LogP contribution >= 0.6 is 0 Å². The largest absolute Gasteiger partial charge is 0.368 e. The van der Waals surface area contributed by atoms with Crippen molar-refractivity contribution in [1.29, 1.82) is 0 Å². The molecular formula is C24H26N2O2. The molecule has 0 fully saturated rings. The first-order valence-electron chi connectivity index (χ1n) is 9.43. The van der Waals surface area contributed by atoms with Gasteiger partial charge in [-0.05, 0) is 39.4 Å². The maximum atomic E-state index is 12.7. The summed E-state index contributed by atoms with van der Waals surface area (Å²) >= 11 is 0. The highest BCUT2D eigenvalue weighted by Gasteiger charge is 2.21. The third kappa shape index (κ3) is 4.39. The Kier molecular flexibility index (Phi) is 5.50. The summed E-state index contributed by atoms with van der Waals surface area (Å²) in [5.74, 6) is -0.850. The standard InChI is InChI=1S/C24H26N2O2/c1-24(2,3)19-13-11-17(12-14-19)23(28)26-21(22(25)27)15-18-9-6-8-16-7-4-5-10-20(16)18/h4-14,21H,15H2,1-3H3,(H2,25,27)(H,26,28)/t21-/m1/s1. The summed E-state index contributed by atoms with van der Waals surface area (Å²) in [4.78, 5) is 24.7. The summed E-state index contributed by atoms with van der Waals surface area (Å²) in [6.07, 6.45) is 0.350. The van der Waals surface area contributed by atoms with E-state index in [1.54, 1.807) is 12.1 Å². The first-order valence-corrected chi connectivity index (χ1v) is 9.43. The Balaban J connectivity index is 1.79. The van der Waals surface area contributed by atoms with Crippen molar-refractivity contribution >= 4 is 22.6 Å². The third-order valence-corrected chi connectivity index (χ3v) is 4.97. The first-order chi connectivity index (χ1) is 13.3. The lowest BCUT2D eigenvalue weighted by Gasteiger charge is -2.20. The van der Waals surface area contributed by atoms with Crippen molar-refractivity contribution in [1.82, 2.24) is 5.32 Å². The maximum Gasteiger partial charge on any atom is 0.251 e. The molecule has 0 saturated heterocycles. The van der Waals surface area contributed by atoms with Crippen molar-refractivity contribution in [3.05, 3.63) is 83.4 Å². The predicted octanol–water partition coefficient (Wildman–Crippen LogP) is 3.96. The second-order valence-electron chi connectivity index (χ2n) is 8.10. The van der Waals surface area contributed by atoms with E-state index in [4.69, 9.17) is 5.73 Å². The summed E-state index contributed by atoms with van der Waals surface area (Å²) in [7, 11) is 0. The van der Waals surface area contributed by atoms with E-state index in [0.29, 0.717) is 12.0 Å². The fourth-order valence-electron chi connectivity index (χ4n) is 3.28. The lowest BCUT2D eigenvalue weighted by Crippen LogP contribution is -2.45. The number of benzene rings is 3. The van der Waals surface area contributed by atoms with Crippen LogP contribution in [0.4, 0.5) is 0 Å². The molecule has 0 aliphatic heterocycles. The predicted molar refractivity (Wildman–Crippen MR) is 113 cm³/mol. The average Bonchev–Trinajstić information content (AvgIpc) is 2.67. The monoisotopic (exact) mass is 374 g/mol. The zero-order valence-corrected chi connectivity index (χ0v) is 16.5. The minimum absolute atomic E-state index is 0.0130. The van der Waals surface area contributed by atoms with Crippen LogP contribution in [-0.2, 0) is 16.6 Å². The molecule has 4 heteroatoms. The van der Waals surface area contributed by atoms with Gasteiger partial charge < -0.3 is 11.1 Å². The topological polar surface area (TPSA) is 72.2 Å². The normalized spacial score (nSPS) is 12.5. The summed E-state index contributed by atoms with van der Waals surface area (Å²) < 4.78 is 0. The highest BCUT2D eigenvalue weighted by molar-refractivity contribution is 5.97. The van der Waals surface area contributed by atoms with Crippen LogP contribution in [0.15, 0.2) is 66.7 Å². The van der Waals surface area contributed by atoms with Gasteiger partial charge in [0.2, 0.25) is 5.91 Å². The Morgan fingerprint density at radius 1 is 0.929 bits per heavy atom. The zero-order chi connectivity index (χ0) is 20.3. The van der Waals surface area contributed by atoms with Crippen molar-refractivity contribution in [3.8, 4) is 0 Å². The van der Waals surface area contributed by atoms with Crippen molar-refractivity contribution < 1.29 is 9.59 Å². The summed E-state index contributed by atoms with van der Waals surface area (Å²) in [6, 6.07) is 20.6. The van der Waals surface area contributed by atoms with Crippen LogP contribution in [0.25, 0.3) is 10.8 Å². The number of nitrogens with one attached hydrogen (secondary N) is 1. The van der Waals surface area contributed by atoms with E-state index in [2.05, 4.69) is 26.1 Å². The van der Waals surface area contributed by atoms with Gasteiger partial charge >= 0.3 is 0 Å². The molecule has 144 valence electrons. The Hall–Kier alpha value is -3.14. The summed E-state index contributed by atoms with van der Waals surface area (Å²) in [5, 5.41) is 4.94. The van der Waals surface area contributed by atoms with Gasteiger partial charge in [0.15, 0.2) is 0 Å². The molecule has 3 N–H and O–H groups in total. The number of hydrogen-bond acceptors (Lipinski definition) is 2. The fraction of sp³-hybridized carbons (Fsp3) is 0.250. The van der Waals surface area contributed by atoms with Gasteiger partial charge in [0.1, 0.15) is 6.04 Å². The third-order valence-electron chi connectivity index (χ3n) is 4.97. The molecule has 3 rings (SSSR count). The van der Waals surface area contributed by atoms with E-state index in [9.17, 15) is 9.59 Å². The number of carbonyl (C=O) groups is 2. The highest BCUT2D eigenvalue weighted by atomic mass is 16.2. The minimum atomic E-state index is -0.777. The lowest BCUT2D eigenvalue weighted by atomic mass is 9.86. The second kappa shape index (κ2) is 7.85. The van der Waals surface area contributed by atoms with Gasteiger partial charge in [-0.3, -0.25) is 9.59 Å². The number of amides is 2. The fourth-order valence-corrected chi connectivity index (χ4v) is 3.28. The van der Waals surface area contributed by atoms with Crippen LogP contribution in [0, 0.1) is 0 Å². The molecule has 0 unspecified atom stereocenters. The molecule has 3 aromatic rings. The number of primary amides is 1. The van der Waals surface area contributed by atoms with Gasteiger partial charge in [-0.25, -0.2) is 0 Å². The molecule has 4 nitrogen and oxygen atoms in total. The molecule has 0 aliphatic carbocycles. The van der Waals surface area contributed by atoms with Gasteiger partial charge in [0.05, 0.1) is 0 Å². The van der Waals surface area contributed by atoms with E-state index in [0.717, 1.165) is 21.9 Å². The minimum Gasteiger partial charge on any atom is -0.368 e. The molecule has 0 aromatic heterocycles. The number of nitrogens with two attached hydrogens (primary N) is 1. The number of fused-ring (bicyclic) bond motifs is 1. The molecule has 0 aliphatic rings. The summed E-state index contributed by atoms with van der Waals surface area (Å²) in [6.45, 7) is 6.36. The van der Waals surface area contributed by atoms with Crippen LogP contribution in [0.1, 0.15) is 42.3 Å². The molecule has 2 amide bonds. The summed E-state index contributed by atoms with van der Waals surface area (Å²) in [5.41, 5.74) is 8.23. The number of carbonyl (C=O) groups excluding carboxylic acids is 2. The molecule has 1 atom stereocenters. The lowest BCUT2D eigenvalue weighted by molar-refractivity contribution is -0.119. The molecule has 0 heterocycles. The van der Waals surface area contributed by atoms with Crippen molar-refractivity contribution in [2.24, 2.45) is 5.73 Å². The SMILES string of the molecule is CC(C)(C)c1ccc(C(=O)N[C@H](Cc2cccc3ccccc23)C(N)=O)cc1. The van der Waals surface area contributed by atoms with Gasteiger partial charge in [-0.15, -0.1) is 0 Å². The van der Waals surface area contributed by atoms with Crippen molar-refractivity contribution in [2.45, 2.75) is 38.6 Å². The molecule has 0 saturated carbocycles. The van der Waals surface area contributed by atoms with E-state index in [1.807, 2.05) is 54.6 Å². The van der Waals surface area contributed by atoms with Gasteiger partial charge in [-0.2, -0.15) is 0 Å². The molecule has 0 spiro atoms. The molecule has 3 aromatic carbocycles. The van der Waals surface area contributed by atoms with Gasteiger partial charge in [0, 0.05) is 12.0 Å². The number of rotatable bonds is 5. The van der Waals surface area contributed by atoms with Crippen molar-refractivity contribution in [3.63, 3.8) is 0 Å². The van der Waals surface area contributed by atoms with Gasteiger partial charge in [0.25, 0.3) is 5.91 Å². The smallest absolute Gasteiger partial charge is 0.251 e. The van der Waals surface area contributed by atoms with E-state index in [1.165, 1.54) is 0 Å². The Labute approximate surface area is 165 Å². The van der Waals surface area contributed by atoms with Crippen LogP contribution in [0.5, 0.6) is 0 Å². The molecule has 0 bridgehead atoms. The second-order valence-corrected chi connectivity index (χ2v) is 8.10. The van der Waals surface area contributed by atoms with Crippen LogP contribution in [-0.4, -0.2) is 17.9 Å². The Bertz CT molecular complexity index is 996. The maximum absolute atomic E-state index is 12.7. The van der Waals surface area contributed by atoms with Gasteiger partial charge in [-0.1, -0.05) is 75.4 Å². The number of hydrogen-bond donors (Lipinski definition) is 2. The van der Waals surface area contributed by atoms with Crippen LogP contribution < -0.4 is 11.1 Å². The zero-order valence-electron chi connectivity index (χ0n) is 16.5. The molecule has 28 heavy (non-hydrogen) atoms. The van der Waals surface area contributed by atoms with E-state index in [-0.39, 0.29) is 11.3 Å². The highest BCUT2D eigenvalue weighted by Crippen LogP contribution is 2.22. The average molecular weight is 374 g/mol. The van der Waals surface area contributed by atoms with Crippen LogP contribution in [0.2, 0.25) is 0 Å². The molecular weight excluding hydrogens is 348 g/mol. The molecule has 0 radical (unpaired) electrons. The van der Waals surface area contributed by atoms with Crippen LogP contribution in [0.3, 0.4) is 0 Å². The van der Waals surface area contributed by atoms with Crippen molar-refractivity contribution in [2.75, 3.05) is 0 Å². The first kappa shape index (κ1) is 19.6. The van der Waals surface area contributed by atoms with E-state index >= 15 is 0 Å². The Morgan fingerprint density at radius 3 is 2.21 bits per heavy atom. The van der Waals surface area contributed by atoms with E-state index < -0.39 is 11.9 Å².